The van der Waals surface area contributed by atoms with E-state index in [-0.39, 0.29) is 0 Å². The van der Waals surface area contributed by atoms with Crippen molar-refractivity contribution in [2.75, 3.05) is 26.7 Å². The molecule has 0 aromatic heterocycles. The molecule has 0 aliphatic carbocycles. The van der Waals surface area contributed by atoms with E-state index in [1.807, 2.05) is 0 Å². The van der Waals surface area contributed by atoms with Gasteiger partial charge in [0.05, 0.1) is 0 Å². The summed E-state index contributed by atoms with van der Waals surface area (Å²) in [5, 5.41) is 3.42. The number of hydrogen-bond acceptors (Lipinski definition) is 2. The maximum Gasteiger partial charge on any atom is 0.0393 e. The number of rotatable bonds is 4. The normalized spacial score (nSPS) is 24.6. The van der Waals surface area contributed by atoms with Gasteiger partial charge in [0, 0.05) is 6.04 Å². The third kappa shape index (κ3) is 3.24. The molecule has 2 heteroatoms. The standard InChI is InChI=1S/C18H30N2/c1-5-20-12-7-6-11-16(13-19-4)18(20)17-14(2)9-8-10-15(17)3/h8-10,16,18-19H,5-7,11-13H2,1-4H3. The molecule has 0 radical (unpaired) electrons. The van der Waals surface area contributed by atoms with Gasteiger partial charge in [-0.05, 0) is 76.0 Å². The first kappa shape index (κ1) is 15.5. The van der Waals surface area contributed by atoms with Crippen LogP contribution in [0.4, 0.5) is 0 Å². The average molecular weight is 274 g/mol. The van der Waals surface area contributed by atoms with E-state index >= 15 is 0 Å². The molecule has 0 bridgehead atoms. The second-order valence-electron chi connectivity index (χ2n) is 6.19. The van der Waals surface area contributed by atoms with E-state index in [0.29, 0.717) is 6.04 Å². The molecule has 1 aliphatic heterocycles. The quantitative estimate of drug-likeness (QED) is 0.901. The van der Waals surface area contributed by atoms with Crippen LogP contribution in [0.1, 0.15) is 48.9 Å². The fourth-order valence-electron chi connectivity index (χ4n) is 3.86. The second kappa shape index (κ2) is 7.24. The number of aryl methyl sites for hydroxylation is 2. The van der Waals surface area contributed by atoms with Gasteiger partial charge < -0.3 is 5.32 Å². The van der Waals surface area contributed by atoms with Crippen molar-refractivity contribution >= 4 is 0 Å². The molecule has 2 unspecified atom stereocenters. The lowest BCUT2D eigenvalue weighted by Crippen LogP contribution is -2.37. The highest BCUT2D eigenvalue weighted by atomic mass is 15.2. The maximum absolute atomic E-state index is 3.42. The van der Waals surface area contributed by atoms with E-state index in [1.165, 1.54) is 36.9 Å². The molecule has 1 aromatic rings. The third-order valence-corrected chi connectivity index (χ3v) is 4.82. The van der Waals surface area contributed by atoms with Crippen molar-refractivity contribution in [3.8, 4) is 0 Å². The molecule has 112 valence electrons. The van der Waals surface area contributed by atoms with Crippen LogP contribution in [0.3, 0.4) is 0 Å². The lowest BCUT2D eigenvalue weighted by Gasteiger charge is -2.36. The Balaban J connectivity index is 2.43. The van der Waals surface area contributed by atoms with Crippen LogP contribution in [0.15, 0.2) is 18.2 Å². The predicted molar refractivity (Wildman–Crippen MR) is 87.2 cm³/mol. The first-order valence-corrected chi connectivity index (χ1v) is 8.13. The van der Waals surface area contributed by atoms with Gasteiger partial charge in [-0.2, -0.15) is 0 Å². The molecule has 20 heavy (non-hydrogen) atoms. The average Bonchev–Trinajstić information content (AvgIpc) is 2.62. The lowest BCUT2D eigenvalue weighted by atomic mass is 9.84. The molecule has 2 atom stereocenters. The molecule has 0 spiro atoms. The van der Waals surface area contributed by atoms with Crippen LogP contribution in [0, 0.1) is 19.8 Å². The van der Waals surface area contributed by atoms with Crippen molar-refractivity contribution in [2.24, 2.45) is 5.92 Å². The summed E-state index contributed by atoms with van der Waals surface area (Å²) in [6.07, 6.45) is 4.05. The number of nitrogens with zero attached hydrogens (tertiary/aromatic N) is 1. The molecule has 1 N–H and O–H groups in total. The van der Waals surface area contributed by atoms with Crippen molar-refractivity contribution in [3.05, 3.63) is 34.9 Å². The van der Waals surface area contributed by atoms with Gasteiger partial charge in [-0.3, -0.25) is 4.90 Å². The smallest absolute Gasteiger partial charge is 0.0393 e. The monoisotopic (exact) mass is 274 g/mol. The Hall–Kier alpha value is -0.860. The highest BCUT2D eigenvalue weighted by Gasteiger charge is 2.31. The van der Waals surface area contributed by atoms with E-state index in [9.17, 15) is 0 Å². The number of likely N-dealkylation sites (tertiary alicyclic amines) is 1. The van der Waals surface area contributed by atoms with E-state index in [4.69, 9.17) is 0 Å². The summed E-state index contributed by atoms with van der Waals surface area (Å²) in [5.41, 5.74) is 4.49. The lowest BCUT2D eigenvalue weighted by molar-refractivity contribution is 0.161. The maximum atomic E-state index is 3.42. The second-order valence-corrected chi connectivity index (χ2v) is 6.19. The van der Waals surface area contributed by atoms with Crippen LogP contribution < -0.4 is 5.32 Å². The third-order valence-electron chi connectivity index (χ3n) is 4.82. The summed E-state index contributed by atoms with van der Waals surface area (Å²) in [7, 11) is 2.09. The molecule has 1 fully saturated rings. The van der Waals surface area contributed by atoms with Gasteiger partial charge >= 0.3 is 0 Å². The van der Waals surface area contributed by atoms with E-state index in [2.05, 4.69) is 56.2 Å². The summed E-state index contributed by atoms with van der Waals surface area (Å²) >= 11 is 0. The number of hydrogen-bond donors (Lipinski definition) is 1. The first-order chi connectivity index (χ1) is 9.69. The molecule has 2 nitrogen and oxygen atoms in total. The van der Waals surface area contributed by atoms with Crippen molar-refractivity contribution in [2.45, 2.75) is 46.1 Å². The largest absolute Gasteiger partial charge is 0.319 e. The Labute approximate surface area is 124 Å². The summed E-state index contributed by atoms with van der Waals surface area (Å²) in [5.74, 6) is 0.724. The highest BCUT2D eigenvalue weighted by molar-refractivity contribution is 5.37. The minimum atomic E-state index is 0.580. The van der Waals surface area contributed by atoms with Crippen molar-refractivity contribution in [1.82, 2.24) is 10.2 Å². The Bertz CT molecular complexity index is 407. The fourth-order valence-corrected chi connectivity index (χ4v) is 3.86. The zero-order valence-corrected chi connectivity index (χ0v) is 13.6. The molecule has 1 aliphatic rings. The minimum Gasteiger partial charge on any atom is -0.319 e. The Morgan fingerprint density at radius 1 is 1.20 bits per heavy atom. The zero-order chi connectivity index (χ0) is 14.5. The molecule has 0 amide bonds. The summed E-state index contributed by atoms with van der Waals surface area (Å²) in [4.78, 5) is 2.70. The molecule has 1 saturated heterocycles. The van der Waals surface area contributed by atoms with E-state index in [1.54, 1.807) is 5.56 Å². The van der Waals surface area contributed by atoms with Crippen LogP contribution in [0.25, 0.3) is 0 Å². The first-order valence-electron chi connectivity index (χ1n) is 8.13. The SMILES string of the molecule is CCN1CCCCC(CNC)C1c1c(C)cccc1C. The topological polar surface area (TPSA) is 15.3 Å². The van der Waals surface area contributed by atoms with Gasteiger partial charge in [-0.1, -0.05) is 31.5 Å². The van der Waals surface area contributed by atoms with Crippen molar-refractivity contribution in [1.29, 1.82) is 0 Å². The van der Waals surface area contributed by atoms with Crippen LogP contribution in [-0.4, -0.2) is 31.6 Å². The Kier molecular flexibility index (Phi) is 5.62. The van der Waals surface area contributed by atoms with Crippen LogP contribution >= 0.6 is 0 Å². The number of benzene rings is 1. The predicted octanol–water partition coefficient (Wildman–Crippen LogP) is 3.69. The molecule has 2 rings (SSSR count). The summed E-state index contributed by atoms with van der Waals surface area (Å²) < 4.78 is 0. The highest BCUT2D eigenvalue weighted by Crippen LogP contribution is 2.37. The molecule has 1 aromatic carbocycles. The molecule has 0 saturated carbocycles. The van der Waals surface area contributed by atoms with Gasteiger partial charge in [-0.15, -0.1) is 0 Å². The Morgan fingerprint density at radius 2 is 1.90 bits per heavy atom. The molecule has 1 heterocycles. The van der Waals surface area contributed by atoms with Gasteiger partial charge in [0.1, 0.15) is 0 Å². The zero-order valence-electron chi connectivity index (χ0n) is 13.6. The summed E-state index contributed by atoms with van der Waals surface area (Å²) in [6, 6.07) is 7.32. The number of nitrogens with one attached hydrogen (secondary N) is 1. The van der Waals surface area contributed by atoms with Crippen molar-refractivity contribution < 1.29 is 0 Å². The molecular formula is C18H30N2. The van der Waals surface area contributed by atoms with E-state index in [0.717, 1.165) is 19.0 Å². The van der Waals surface area contributed by atoms with E-state index < -0.39 is 0 Å². The van der Waals surface area contributed by atoms with Crippen LogP contribution in [0.5, 0.6) is 0 Å². The van der Waals surface area contributed by atoms with Crippen LogP contribution in [0.2, 0.25) is 0 Å². The van der Waals surface area contributed by atoms with Gasteiger partial charge in [0.25, 0.3) is 0 Å². The summed E-state index contributed by atoms with van der Waals surface area (Å²) in [6.45, 7) is 10.4. The Morgan fingerprint density at radius 3 is 2.50 bits per heavy atom. The van der Waals surface area contributed by atoms with Gasteiger partial charge in [0.2, 0.25) is 0 Å². The molecular weight excluding hydrogens is 244 g/mol. The van der Waals surface area contributed by atoms with Gasteiger partial charge in [-0.25, -0.2) is 0 Å². The van der Waals surface area contributed by atoms with Crippen LogP contribution in [-0.2, 0) is 0 Å². The van der Waals surface area contributed by atoms with Gasteiger partial charge in [0.15, 0.2) is 0 Å². The minimum absolute atomic E-state index is 0.580. The van der Waals surface area contributed by atoms with Crippen molar-refractivity contribution in [3.63, 3.8) is 0 Å². The fraction of sp³-hybridized carbons (Fsp3) is 0.667.